The number of likely N-dealkylation sites (N-methyl/N-ethyl adjacent to an activating group) is 1. The topological polar surface area (TPSA) is 72.6 Å². The summed E-state index contributed by atoms with van der Waals surface area (Å²) < 4.78 is 5.02. The van der Waals surface area contributed by atoms with E-state index in [0.717, 1.165) is 5.56 Å². The molecular formula is C17H17ClN2O3. The smallest absolute Gasteiger partial charge is 0.338 e. The third kappa shape index (κ3) is 5.00. The Morgan fingerprint density at radius 3 is 2.30 bits per heavy atom. The monoisotopic (exact) mass is 332 g/mol. The molecule has 0 fully saturated rings. The maximum Gasteiger partial charge on any atom is 0.338 e. The highest BCUT2D eigenvalue weighted by molar-refractivity contribution is 6.30. The molecule has 0 aromatic heterocycles. The molecule has 2 rings (SSSR count). The molecule has 0 aliphatic heterocycles. The first kappa shape index (κ1) is 16.8. The summed E-state index contributed by atoms with van der Waals surface area (Å²) in [5.74, 6) is -0.845. The first-order valence-electron chi connectivity index (χ1n) is 6.97. The Hall–Kier alpha value is -2.53. The largest absolute Gasteiger partial charge is 0.452 e. The molecule has 0 bridgehead atoms. The molecule has 23 heavy (non-hydrogen) atoms. The number of hydrogen-bond acceptors (Lipinski definition) is 4. The van der Waals surface area contributed by atoms with Crippen LogP contribution in [0.3, 0.4) is 0 Å². The van der Waals surface area contributed by atoms with E-state index in [9.17, 15) is 9.59 Å². The summed E-state index contributed by atoms with van der Waals surface area (Å²) in [5, 5.41) is 0.639. The Balaban J connectivity index is 1.84. The zero-order chi connectivity index (χ0) is 16.8. The van der Waals surface area contributed by atoms with Gasteiger partial charge < -0.3 is 15.4 Å². The van der Waals surface area contributed by atoms with Crippen molar-refractivity contribution in [3.63, 3.8) is 0 Å². The third-order valence-corrected chi connectivity index (χ3v) is 3.48. The van der Waals surface area contributed by atoms with Crippen molar-refractivity contribution in [1.82, 2.24) is 4.90 Å². The van der Waals surface area contributed by atoms with Crippen molar-refractivity contribution in [2.24, 2.45) is 0 Å². The first-order valence-corrected chi connectivity index (χ1v) is 7.34. The van der Waals surface area contributed by atoms with Gasteiger partial charge in [0, 0.05) is 24.3 Å². The van der Waals surface area contributed by atoms with Crippen LogP contribution >= 0.6 is 11.6 Å². The molecule has 0 aliphatic carbocycles. The van der Waals surface area contributed by atoms with Crippen LogP contribution in [0.15, 0.2) is 48.5 Å². The van der Waals surface area contributed by atoms with Gasteiger partial charge in [0.15, 0.2) is 6.61 Å². The Morgan fingerprint density at radius 1 is 1.09 bits per heavy atom. The van der Waals surface area contributed by atoms with Crippen molar-refractivity contribution < 1.29 is 14.3 Å². The van der Waals surface area contributed by atoms with Gasteiger partial charge in [-0.3, -0.25) is 4.79 Å². The Labute approximate surface area is 139 Å². The van der Waals surface area contributed by atoms with Gasteiger partial charge in [-0.1, -0.05) is 23.7 Å². The zero-order valence-electron chi connectivity index (χ0n) is 12.7. The number of anilines is 1. The number of amides is 1. The number of ether oxygens (including phenoxy) is 1. The minimum atomic E-state index is -0.557. The van der Waals surface area contributed by atoms with Crippen LogP contribution in [0, 0.1) is 0 Å². The van der Waals surface area contributed by atoms with Gasteiger partial charge in [-0.05, 0) is 42.0 Å². The second-order valence-corrected chi connectivity index (χ2v) is 5.51. The van der Waals surface area contributed by atoms with Crippen molar-refractivity contribution in [3.8, 4) is 0 Å². The summed E-state index contributed by atoms with van der Waals surface area (Å²) in [4.78, 5) is 25.3. The molecule has 0 aliphatic rings. The third-order valence-electron chi connectivity index (χ3n) is 3.23. The molecular weight excluding hydrogens is 316 g/mol. The number of nitrogens with zero attached hydrogens (tertiary/aromatic N) is 1. The van der Waals surface area contributed by atoms with Gasteiger partial charge in [0.05, 0.1) is 5.56 Å². The average molecular weight is 333 g/mol. The molecule has 2 aromatic rings. The maximum absolute atomic E-state index is 12.0. The molecule has 0 heterocycles. The number of carbonyl (C=O) groups is 2. The summed E-state index contributed by atoms with van der Waals surface area (Å²) in [6.45, 7) is 0.0999. The predicted octanol–water partition coefficient (Wildman–Crippen LogP) is 2.74. The van der Waals surface area contributed by atoms with E-state index in [1.54, 1.807) is 43.4 Å². The fourth-order valence-electron chi connectivity index (χ4n) is 1.89. The van der Waals surface area contributed by atoms with Gasteiger partial charge in [0.2, 0.25) is 0 Å². The van der Waals surface area contributed by atoms with E-state index in [0.29, 0.717) is 22.8 Å². The standard InChI is InChI=1S/C17H17ClN2O3/c1-20(10-12-2-6-14(18)7-3-12)16(21)11-23-17(22)13-4-8-15(19)9-5-13/h2-9H,10-11,19H2,1H3. The van der Waals surface area contributed by atoms with Gasteiger partial charge in [0.25, 0.3) is 5.91 Å². The van der Waals surface area contributed by atoms with E-state index in [-0.39, 0.29) is 12.5 Å². The lowest BCUT2D eigenvalue weighted by Gasteiger charge is -2.17. The number of halogens is 1. The normalized spacial score (nSPS) is 10.2. The van der Waals surface area contributed by atoms with Gasteiger partial charge in [-0.25, -0.2) is 4.79 Å². The number of benzene rings is 2. The van der Waals surface area contributed by atoms with Crippen LogP contribution in [0.5, 0.6) is 0 Å². The van der Waals surface area contributed by atoms with E-state index in [1.165, 1.54) is 4.90 Å². The molecule has 0 atom stereocenters. The molecule has 5 nitrogen and oxygen atoms in total. The lowest BCUT2D eigenvalue weighted by molar-refractivity contribution is -0.133. The molecule has 2 aromatic carbocycles. The van der Waals surface area contributed by atoms with Gasteiger partial charge in [-0.2, -0.15) is 0 Å². The van der Waals surface area contributed by atoms with Crippen LogP contribution in [-0.2, 0) is 16.1 Å². The van der Waals surface area contributed by atoms with Crippen molar-refractivity contribution in [1.29, 1.82) is 0 Å². The molecule has 2 N–H and O–H groups in total. The molecule has 0 radical (unpaired) electrons. The quantitative estimate of drug-likeness (QED) is 0.675. The number of hydrogen-bond donors (Lipinski definition) is 1. The molecule has 0 spiro atoms. The summed E-state index contributed by atoms with van der Waals surface area (Å²) >= 11 is 5.82. The molecule has 0 saturated heterocycles. The lowest BCUT2D eigenvalue weighted by atomic mass is 10.2. The SMILES string of the molecule is CN(Cc1ccc(Cl)cc1)C(=O)COC(=O)c1ccc(N)cc1. The van der Waals surface area contributed by atoms with E-state index in [1.807, 2.05) is 12.1 Å². The number of nitrogens with two attached hydrogens (primary N) is 1. The van der Waals surface area contributed by atoms with Crippen molar-refractivity contribution in [2.45, 2.75) is 6.54 Å². The fraction of sp³-hybridized carbons (Fsp3) is 0.176. The highest BCUT2D eigenvalue weighted by Gasteiger charge is 2.13. The Morgan fingerprint density at radius 2 is 1.70 bits per heavy atom. The molecule has 6 heteroatoms. The minimum Gasteiger partial charge on any atom is -0.452 e. The number of carbonyl (C=O) groups excluding carboxylic acids is 2. The molecule has 1 amide bonds. The van der Waals surface area contributed by atoms with Crippen LogP contribution in [0.25, 0.3) is 0 Å². The van der Waals surface area contributed by atoms with Crippen molar-refractivity contribution >= 4 is 29.2 Å². The highest BCUT2D eigenvalue weighted by atomic mass is 35.5. The van der Waals surface area contributed by atoms with Crippen LogP contribution in [0.1, 0.15) is 15.9 Å². The van der Waals surface area contributed by atoms with Crippen LogP contribution in [0.4, 0.5) is 5.69 Å². The number of esters is 1. The van der Waals surface area contributed by atoms with Crippen LogP contribution in [-0.4, -0.2) is 30.4 Å². The summed E-state index contributed by atoms with van der Waals surface area (Å²) in [6, 6.07) is 13.5. The molecule has 0 saturated carbocycles. The Bertz CT molecular complexity index is 684. The first-order chi connectivity index (χ1) is 11.0. The van der Waals surface area contributed by atoms with E-state index in [4.69, 9.17) is 22.1 Å². The van der Waals surface area contributed by atoms with E-state index in [2.05, 4.69) is 0 Å². The van der Waals surface area contributed by atoms with Crippen molar-refractivity contribution in [2.75, 3.05) is 19.4 Å². The van der Waals surface area contributed by atoms with Gasteiger partial charge in [0.1, 0.15) is 0 Å². The second-order valence-electron chi connectivity index (χ2n) is 5.07. The summed E-state index contributed by atoms with van der Waals surface area (Å²) in [7, 11) is 1.65. The van der Waals surface area contributed by atoms with Crippen LogP contribution < -0.4 is 5.73 Å². The second kappa shape index (κ2) is 7.65. The minimum absolute atomic E-state index is 0.288. The van der Waals surface area contributed by atoms with Crippen molar-refractivity contribution in [3.05, 3.63) is 64.7 Å². The maximum atomic E-state index is 12.0. The summed E-state index contributed by atoms with van der Waals surface area (Å²) in [6.07, 6.45) is 0. The highest BCUT2D eigenvalue weighted by Crippen LogP contribution is 2.11. The van der Waals surface area contributed by atoms with E-state index < -0.39 is 5.97 Å². The molecule has 120 valence electrons. The predicted molar refractivity (Wildman–Crippen MR) is 89.1 cm³/mol. The number of rotatable bonds is 5. The lowest BCUT2D eigenvalue weighted by Crippen LogP contribution is -2.30. The molecule has 0 unspecified atom stereocenters. The average Bonchev–Trinajstić information content (AvgIpc) is 2.55. The van der Waals surface area contributed by atoms with E-state index >= 15 is 0 Å². The summed E-state index contributed by atoms with van der Waals surface area (Å²) in [5.41, 5.74) is 7.40. The Kier molecular flexibility index (Phi) is 5.60. The van der Waals surface area contributed by atoms with Gasteiger partial charge >= 0.3 is 5.97 Å². The fourth-order valence-corrected chi connectivity index (χ4v) is 2.02. The zero-order valence-corrected chi connectivity index (χ0v) is 13.4. The number of nitrogen functional groups attached to an aromatic ring is 1. The van der Waals surface area contributed by atoms with Gasteiger partial charge in [-0.15, -0.1) is 0 Å². The van der Waals surface area contributed by atoms with Crippen LogP contribution in [0.2, 0.25) is 5.02 Å².